The number of aliphatic hydroxyl groups is 1. The van der Waals surface area contributed by atoms with E-state index < -0.39 is 21.2 Å². The zero-order valence-electron chi connectivity index (χ0n) is 37.0. The Morgan fingerprint density at radius 1 is 0.855 bits per heavy atom. The van der Waals surface area contributed by atoms with Gasteiger partial charge in [0.15, 0.2) is 5.60 Å². The Bertz CT molecular complexity index is 2790. The van der Waals surface area contributed by atoms with Crippen LogP contribution in [0.5, 0.6) is 0 Å². The number of benzene rings is 3. The summed E-state index contributed by atoms with van der Waals surface area (Å²) in [6.07, 6.45) is 6.94. The van der Waals surface area contributed by atoms with Gasteiger partial charge < -0.3 is 19.3 Å². The predicted molar refractivity (Wildman–Crippen MR) is 245 cm³/mol. The Hall–Kier alpha value is -4.92. The Labute approximate surface area is 364 Å². The summed E-state index contributed by atoms with van der Waals surface area (Å²) in [4.78, 5) is 32.2. The van der Waals surface area contributed by atoms with Gasteiger partial charge in [0.25, 0.3) is 15.6 Å². The van der Waals surface area contributed by atoms with Crippen LogP contribution in [0.25, 0.3) is 32.9 Å². The number of rotatable bonds is 10. The molecule has 3 aromatic heterocycles. The highest BCUT2D eigenvalue weighted by Crippen LogP contribution is 2.43. The van der Waals surface area contributed by atoms with Gasteiger partial charge in [-0.3, -0.25) is 14.6 Å². The number of piperidine rings is 1. The molecule has 0 bridgehead atoms. The van der Waals surface area contributed by atoms with Gasteiger partial charge in [0.05, 0.1) is 28.8 Å². The van der Waals surface area contributed by atoms with Gasteiger partial charge in [0.1, 0.15) is 5.52 Å². The van der Waals surface area contributed by atoms with Gasteiger partial charge in [-0.25, -0.2) is 22.4 Å². The number of fused-ring (bicyclic) bond motifs is 2. The molecular formula is C49H59N7O5S. The third-order valence-corrected chi connectivity index (χ3v) is 15.1. The second-order valence-corrected chi connectivity index (χ2v) is 20.7. The third kappa shape index (κ3) is 7.55. The van der Waals surface area contributed by atoms with Crippen molar-refractivity contribution < 1.29 is 18.3 Å². The van der Waals surface area contributed by atoms with Crippen molar-refractivity contribution in [2.75, 3.05) is 37.7 Å². The Morgan fingerprint density at radius 3 is 2.23 bits per heavy atom. The number of anilines is 1. The van der Waals surface area contributed by atoms with Gasteiger partial charge >= 0.3 is 0 Å². The number of hydrogen-bond acceptors (Lipinski definition) is 10. The SMILES string of the molecule is Cc1ccc(S(=O)(=O)n2ccc3c(-c4ccc5nc(N6CCC(N7C[C@@H](C)N(C(C)(C)C)C[C@@H]7C)CC6)nc(C(CO)(OC6CC6)c6ccccc6)c5c4)cn(C)c(=O)c32)cc1. The highest BCUT2D eigenvalue weighted by Gasteiger charge is 2.44. The number of aryl methyl sites for hydroxylation is 2. The van der Waals surface area contributed by atoms with E-state index in [2.05, 4.69) is 49.3 Å². The first-order valence-electron chi connectivity index (χ1n) is 22.1. The van der Waals surface area contributed by atoms with Crippen molar-refractivity contribution in [2.24, 2.45) is 7.05 Å². The van der Waals surface area contributed by atoms with Crippen LogP contribution in [0.15, 0.2) is 101 Å². The maximum atomic E-state index is 14.0. The van der Waals surface area contributed by atoms with E-state index in [4.69, 9.17) is 14.7 Å². The Kier molecular flexibility index (Phi) is 10.9. The summed E-state index contributed by atoms with van der Waals surface area (Å²) in [6, 6.07) is 25.5. The van der Waals surface area contributed by atoms with E-state index in [0.717, 1.165) is 72.5 Å². The van der Waals surface area contributed by atoms with Crippen molar-refractivity contribution in [1.29, 1.82) is 0 Å². The van der Waals surface area contributed by atoms with Crippen molar-refractivity contribution in [3.05, 3.63) is 118 Å². The van der Waals surface area contributed by atoms with Crippen molar-refractivity contribution in [1.82, 2.24) is 28.3 Å². The van der Waals surface area contributed by atoms with Crippen LogP contribution in [0.4, 0.5) is 5.95 Å². The van der Waals surface area contributed by atoms with Gasteiger partial charge in [-0.05, 0) is 109 Å². The van der Waals surface area contributed by atoms with E-state index in [1.54, 1.807) is 43.6 Å². The molecule has 3 aliphatic rings. The van der Waals surface area contributed by atoms with E-state index in [1.807, 2.05) is 55.5 Å². The van der Waals surface area contributed by atoms with Gasteiger partial charge in [-0.2, -0.15) is 0 Å². The van der Waals surface area contributed by atoms with Gasteiger partial charge in [0, 0.05) is 85.6 Å². The molecule has 6 aromatic rings. The van der Waals surface area contributed by atoms with Crippen molar-refractivity contribution in [2.45, 2.75) is 107 Å². The fourth-order valence-corrected chi connectivity index (χ4v) is 11.3. The molecule has 13 heteroatoms. The smallest absolute Gasteiger partial charge is 0.275 e. The molecule has 1 N–H and O–H groups in total. The van der Waals surface area contributed by atoms with Gasteiger partial charge in [0.2, 0.25) is 5.95 Å². The zero-order valence-corrected chi connectivity index (χ0v) is 37.8. The topological polar surface area (TPSA) is 126 Å². The highest BCUT2D eigenvalue weighted by atomic mass is 32.2. The molecule has 3 atom stereocenters. The average Bonchev–Trinajstić information content (AvgIpc) is 3.97. The second-order valence-electron chi connectivity index (χ2n) is 18.9. The van der Waals surface area contributed by atoms with Crippen LogP contribution in [0.2, 0.25) is 0 Å². The molecule has 1 unspecified atom stereocenters. The van der Waals surface area contributed by atoms with Crippen LogP contribution in [-0.2, 0) is 27.4 Å². The summed E-state index contributed by atoms with van der Waals surface area (Å²) in [5.41, 5.74) is 2.88. The maximum Gasteiger partial charge on any atom is 0.275 e. The Morgan fingerprint density at radius 2 is 1.56 bits per heavy atom. The molecule has 1 aliphatic carbocycles. The first-order valence-corrected chi connectivity index (χ1v) is 23.5. The molecule has 2 saturated heterocycles. The molecule has 62 heavy (non-hydrogen) atoms. The fraction of sp³-hybridized carbons (Fsp3) is 0.449. The molecule has 0 amide bonds. The molecule has 9 rings (SSSR count). The van der Waals surface area contributed by atoms with Crippen LogP contribution in [-0.4, -0.2) is 104 Å². The molecule has 326 valence electrons. The van der Waals surface area contributed by atoms with Gasteiger partial charge in [-0.1, -0.05) is 54.1 Å². The minimum Gasteiger partial charge on any atom is -0.393 e. The molecule has 0 spiro atoms. The maximum absolute atomic E-state index is 14.0. The van der Waals surface area contributed by atoms with Crippen LogP contribution >= 0.6 is 0 Å². The second kappa shape index (κ2) is 16.0. The number of pyridine rings is 1. The van der Waals surface area contributed by atoms with Crippen molar-refractivity contribution in [3.63, 3.8) is 0 Å². The van der Waals surface area contributed by atoms with Crippen LogP contribution in [0.1, 0.15) is 77.1 Å². The van der Waals surface area contributed by atoms with Crippen LogP contribution in [0.3, 0.4) is 0 Å². The summed E-state index contributed by atoms with van der Waals surface area (Å²) >= 11 is 0. The molecule has 3 aromatic carbocycles. The monoisotopic (exact) mass is 857 g/mol. The summed E-state index contributed by atoms with van der Waals surface area (Å²) in [7, 11) is -2.45. The summed E-state index contributed by atoms with van der Waals surface area (Å²) in [6.45, 7) is 16.9. The lowest BCUT2D eigenvalue weighted by molar-refractivity contribution is -0.0672. The minimum absolute atomic E-state index is 0.0311. The van der Waals surface area contributed by atoms with E-state index in [0.29, 0.717) is 51.6 Å². The normalized spacial score (nSPS) is 20.9. The lowest BCUT2D eigenvalue weighted by Crippen LogP contribution is -2.64. The number of hydrogen-bond donors (Lipinski definition) is 1. The minimum atomic E-state index is -4.09. The molecule has 5 heterocycles. The van der Waals surface area contributed by atoms with Crippen LogP contribution < -0.4 is 10.5 Å². The van der Waals surface area contributed by atoms with Crippen molar-refractivity contribution in [3.8, 4) is 11.1 Å². The van der Waals surface area contributed by atoms with E-state index in [-0.39, 0.29) is 28.7 Å². The quantitative estimate of drug-likeness (QED) is 0.153. The lowest BCUT2D eigenvalue weighted by Gasteiger charge is -2.53. The number of nitrogens with zero attached hydrogens (tertiary/aromatic N) is 7. The molecule has 3 fully saturated rings. The predicted octanol–water partition coefficient (Wildman–Crippen LogP) is 7.07. The van der Waals surface area contributed by atoms with Crippen molar-refractivity contribution >= 4 is 37.8 Å². The standard InChI is InChI=1S/C49H59N7O5S/c1-32-13-18-39(19-14-32)62(59,60)56-26-23-40-42(30-52(7)46(58)44(40)56)35-15-20-43-41(27-35)45(49(31-57,61-38-16-17-38)36-11-9-8-10-12-36)51-47(50-43)53-24-21-37(22-25-53)54-28-34(3)55(29-33(54)2)48(4,5)6/h8-15,18-20,23,26-27,30,33-34,37-38,57H,16-17,21-22,24-25,28-29,31H2,1-7H3/t33-,34+,49?/m0/s1. The first-order chi connectivity index (χ1) is 29.6. The lowest BCUT2D eigenvalue weighted by atomic mass is 9.87. The van der Waals surface area contributed by atoms with E-state index in [1.165, 1.54) is 10.8 Å². The number of ether oxygens (including phenoxy) is 1. The van der Waals surface area contributed by atoms with Crippen LogP contribution in [0, 0.1) is 6.92 Å². The molecular weight excluding hydrogens is 799 g/mol. The number of aromatic nitrogens is 4. The molecule has 1 saturated carbocycles. The van der Waals surface area contributed by atoms with Gasteiger partial charge in [-0.15, -0.1) is 0 Å². The highest BCUT2D eigenvalue weighted by molar-refractivity contribution is 7.90. The molecule has 12 nitrogen and oxygen atoms in total. The zero-order chi connectivity index (χ0) is 43.7. The number of piperazine rings is 1. The largest absolute Gasteiger partial charge is 0.393 e. The fourth-order valence-electron chi connectivity index (χ4n) is 9.95. The number of aliphatic hydroxyl groups excluding tert-OH is 1. The summed E-state index contributed by atoms with van der Waals surface area (Å²) in [5, 5.41) is 12.8. The molecule has 2 aliphatic heterocycles. The van der Waals surface area contributed by atoms with E-state index in [9.17, 15) is 18.3 Å². The van der Waals surface area contributed by atoms with E-state index >= 15 is 0 Å². The molecule has 0 radical (unpaired) electrons. The third-order valence-electron chi connectivity index (χ3n) is 13.4. The average molecular weight is 858 g/mol. The Balaban J connectivity index is 1.14. The first kappa shape index (κ1) is 42.4. The summed E-state index contributed by atoms with van der Waals surface area (Å²) in [5.74, 6) is 0.605. The summed E-state index contributed by atoms with van der Waals surface area (Å²) < 4.78 is 37.5.